The molecule has 0 bridgehead atoms. The van der Waals surface area contributed by atoms with E-state index in [-0.39, 0.29) is 0 Å². The number of nitrogens with zero attached hydrogens (tertiary/aromatic N) is 2. The maximum Gasteiger partial charge on any atom is 0.0998 e. The van der Waals surface area contributed by atoms with Crippen molar-refractivity contribution in [1.29, 1.82) is 0 Å². The summed E-state index contributed by atoms with van der Waals surface area (Å²) in [7, 11) is 0. The van der Waals surface area contributed by atoms with E-state index >= 15 is 0 Å². The third-order valence-corrected chi connectivity index (χ3v) is 3.47. The minimum Gasteiger partial charge on any atom is -0.398 e. The van der Waals surface area contributed by atoms with Gasteiger partial charge in [0, 0.05) is 14.6 Å². The fraction of sp³-hybridized carbons (Fsp3) is 0. The molecule has 0 aromatic heterocycles. The lowest BCUT2D eigenvalue weighted by Gasteiger charge is -1.99. The molecule has 0 heterocycles. The molecule has 2 aromatic carbocycles. The minimum absolute atomic E-state index is 0.685. The first-order valence-electron chi connectivity index (χ1n) is 4.88. The van der Waals surface area contributed by atoms with Gasteiger partial charge < -0.3 is 5.73 Å². The van der Waals surface area contributed by atoms with Crippen LogP contribution in [-0.2, 0) is 0 Å². The van der Waals surface area contributed by atoms with Crippen LogP contribution >= 0.6 is 31.9 Å². The van der Waals surface area contributed by atoms with Gasteiger partial charge in [-0.2, -0.15) is 5.11 Å². The van der Waals surface area contributed by atoms with Crippen molar-refractivity contribution in [3.05, 3.63) is 51.4 Å². The number of halogens is 2. The summed E-state index contributed by atoms with van der Waals surface area (Å²) >= 11 is 6.76. The second-order valence-corrected chi connectivity index (χ2v) is 5.07. The summed E-state index contributed by atoms with van der Waals surface area (Å²) in [5.74, 6) is 0. The quantitative estimate of drug-likeness (QED) is 0.584. The topological polar surface area (TPSA) is 50.7 Å². The highest BCUT2D eigenvalue weighted by Crippen LogP contribution is 2.29. The zero-order chi connectivity index (χ0) is 12.3. The summed E-state index contributed by atoms with van der Waals surface area (Å²) in [6.07, 6.45) is 0. The third-order valence-electron chi connectivity index (χ3n) is 2.11. The molecule has 5 heteroatoms. The number of nitrogens with two attached hydrogens (primary N) is 1. The third kappa shape index (κ3) is 3.14. The first kappa shape index (κ1) is 12.3. The molecule has 0 aliphatic heterocycles. The Morgan fingerprint density at radius 3 is 2.35 bits per heavy atom. The largest absolute Gasteiger partial charge is 0.398 e. The molecule has 0 fully saturated rings. The van der Waals surface area contributed by atoms with Crippen LogP contribution in [0.1, 0.15) is 0 Å². The lowest BCUT2D eigenvalue weighted by molar-refractivity contribution is 1.22. The Labute approximate surface area is 116 Å². The average Bonchev–Trinajstić information content (AvgIpc) is 2.32. The number of benzene rings is 2. The molecule has 2 aromatic rings. The minimum atomic E-state index is 0.685. The standard InChI is InChI=1S/C12H9Br2N3/c13-9-3-1-2-4-12(9)17-16-8-5-6-11(15)10(14)7-8/h1-7H,15H2. The van der Waals surface area contributed by atoms with E-state index in [4.69, 9.17) is 5.73 Å². The molecule has 0 spiro atoms. The van der Waals surface area contributed by atoms with E-state index in [9.17, 15) is 0 Å². The van der Waals surface area contributed by atoms with Gasteiger partial charge in [0.2, 0.25) is 0 Å². The molecule has 0 aliphatic carbocycles. The number of azo groups is 1. The predicted molar refractivity (Wildman–Crippen MR) is 76.9 cm³/mol. The van der Waals surface area contributed by atoms with E-state index in [0.717, 1.165) is 20.3 Å². The van der Waals surface area contributed by atoms with E-state index in [1.165, 1.54) is 0 Å². The Bertz CT molecular complexity index is 567. The van der Waals surface area contributed by atoms with Crippen molar-refractivity contribution in [3.63, 3.8) is 0 Å². The summed E-state index contributed by atoms with van der Waals surface area (Å²) in [6.45, 7) is 0. The molecule has 0 unspecified atom stereocenters. The first-order valence-corrected chi connectivity index (χ1v) is 6.47. The van der Waals surface area contributed by atoms with Crippen LogP contribution in [0.5, 0.6) is 0 Å². The van der Waals surface area contributed by atoms with Crippen LogP contribution in [0.15, 0.2) is 61.6 Å². The summed E-state index contributed by atoms with van der Waals surface area (Å²) < 4.78 is 1.74. The highest BCUT2D eigenvalue weighted by atomic mass is 79.9. The van der Waals surface area contributed by atoms with Crippen LogP contribution < -0.4 is 5.73 Å². The molecule has 0 saturated carbocycles. The molecule has 3 nitrogen and oxygen atoms in total. The van der Waals surface area contributed by atoms with Crippen molar-refractivity contribution in [2.75, 3.05) is 5.73 Å². The van der Waals surface area contributed by atoms with Gasteiger partial charge in [-0.3, -0.25) is 0 Å². The molecule has 0 atom stereocenters. The van der Waals surface area contributed by atoms with Crippen molar-refractivity contribution in [2.45, 2.75) is 0 Å². The smallest absolute Gasteiger partial charge is 0.0998 e. The normalized spacial score (nSPS) is 10.9. The van der Waals surface area contributed by atoms with Crippen LogP contribution in [-0.4, -0.2) is 0 Å². The van der Waals surface area contributed by atoms with Crippen LogP contribution in [0.2, 0.25) is 0 Å². The maximum atomic E-state index is 5.69. The van der Waals surface area contributed by atoms with Gasteiger partial charge in [-0.05, 0) is 62.2 Å². The summed E-state index contributed by atoms with van der Waals surface area (Å²) in [5, 5.41) is 8.31. The van der Waals surface area contributed by atoms with E-state index in [0.29, 0.717) is 5.69 Å². The van der Waals surface area contributed by atoms with Crippen LogP contribution in [0.4, 0.5) is 17.1 Å². The molecule has 86 valence electrons. The second kappa shape index (κ2) is 5.42. The molecule has 2 rings (SSSR count). The Kier molecular flexibility index (Phi) is 3.91. The van der Waals surface area contributed by atoms with E-state index in [1.807, 2.05) is 36.4 Å². The second-order valence-electron chi connectivity index (χ2n) is 3.36. The van der Waals surface area contributed by atoms with E-state index in [1.54, 1.807) is 6.07 Å². The van der Waals surface area contributed by atoms with Crippen molar-refractivity contribution in [1.82, 2.24) is 0 Å². The SMILES string of the molecule is Nc1ccc(N=Nc2ccccc2Br)cc1Br. The number of anilines is 1. The fourth-order valence-corrected chi connectivity index (χ4v) is 1.95. The number of hydrogen-bond donors (Lipinski definition) is 1. The van der Waals surface area contributed by atoms with Gasteiger partial charge in [-0.1, -0.05) is 12.1 Å². The Hall–Kier alpha value is -1.20. The lowest BCUT2D eigenvalue weighted by Crippen LogP contribution is -1.84. The molecule has 0 saturated heterocycles. The summed E-state index contributed by atoms with van der Waals surface area (Å²) in [4.78, 5) is 0. The Morgan fingerprint density at radius 1 is 0.882 bits per heavy atom. The van der Waals surface area contributed by atoms with Gasteiger partial charge in [-0.15, -0.1) is 5.11 Å². The van der Waals surface area contributed by atoms with Gasteiger partial charge in [0.25, 0.3) is 0 Å². The van der Waals surface area contributed by atoms with Gasteiger partial charge in [0.1, 0.15) is 0 Å². The van der Waals surface area contributed by atoms with Gasteiger partial charge in [0.15, 0.2) is 0 Å². The van der Waals surface area contributed by atoms with Crippen molar-refractivity contribution >= 4 is 48.9 Å². The summed E-state index contributed by atoms with van der Waals surface area (Å²) in [5.41, 5.74) is 7.92. The molecular weight excluding hydrogens is 346 g/mol. The number of hydrogen-bond acceptors (Lipinski definition) is 3. The molecule has 17 heavy (non-hydrogen) atoms. The van der Waals surface area contributed by atoms with E-state index < -0.39 is 0 Å². The monoisotopic (exact) mass is 353 g/mol. The zero-order valence-corrected chi connectivity index (χ0v) is 11.9. The molecule has 0 amide bonds. The number of nitrogen functional groups attached to an aromatic ring is 1. The summed E-state index contributed by atoms with van der Waals surface area (Å²) in [6, 6.07) is 13.1. The maximum absolute atomic E-state index is 5.69. The van der Waals surface area contributed by atoms with Crippen molar-refractivity contribution in [3.8, 4) is 0 Å². The van der Waals surface area contributed by atoms with Gasteiger partial charge in [-0.25, -0.2) is 0 Å². The fourth-order valence-electron chi connectivity index (χ4n) is 1.22. The zero-order valence-electron chi connectivity index (χ0n) is 8.77. The predicted octanol–water partition coefficient (Wildman–Crippen LogP) is 5.21. The first-order chi connectivity index (χ1) is 8.16. The molecule has 0 aliphatic rings. The molecule has 0 radical (unpaired) electrons. The van der Waals surface area contributed by atoms with Crippen LogP contribution in [0.3, 0.4) is 0 Å². The van der Waals surface area contributed by atoms with Gasteiger partial charge in [0.05, 0.1) is 11.4 Å². The molecular formula is C12H9Br2N3. The number of rotatable bonds is 2. The van der Waals surface area contributed by atoms with Crippen LogP contribution in [0.25, 0.3) is 0 Å². The lowest BCUT2D eigenvalue weighted by atomic mass is 10.3. The molecule has 2 N–H and O–H groups in total. The Balaban J connectivity index is 2.26. The van der Waals surface area contributed by atoms with Crippen LogP contribution in [0, 0.1) is 0 Å². The highest BCUT2D eigenvalue weighted by Gasteiger charge is 1.98. The van der Waals surface area contributed by atoms with Crippen molar-refractivity contribution in [2.24, 2.45) is 10.2 Å². The van der Waals surface area contributed by atoms with E-state index in [2.05, 4.69) is 42.1 Å². The van der Waals surface area contributed by atoms with Crippen molar-refractivity contribution < 1.29 is 0 Å². The highest BCUT2D eigenvalue weighted by molar-refractivity contribution is 9.11. The van der Waals surface area contributed by atoms with Gasteiger partial charge >= 0.3 is 0 Å². The Morgan fingerprint density at radius 2 is 1.65 bits per heavy atom. The average molecular weight is 355 g/mol.